The van der Waals surface area contributed by atoms with E-state index in [4.69, 9.17) is 20.4 Å². The predicted molar refractivity (Wildman–Crippen MR) is 56.0 cm³/mol. The second-order valence-electron chi connectivity index (χ2n) is 3.50. The molecular formula is C10H24O4Ti. The van der Waals surface area contributed by atoms with Crippen molar-refractivity contribution < 1.29 is 42.1 Å². The van der Waals surface area contributed by atoms with E-state index in [1.807, 2.05) is 0 Å². The number of hydrogen-bond donors (Lipinski definition) is 4. The molecule has 0 aliphatic carbocycles. The molecule has 0 saturated heterocycles. The molecule has 0 amide bonds. The minimum absolute atomic E-state index is 0. The summed E-state index contributed by atoms with van der Waals surface area (Å²) in [7, 11) is 0. The molecule has 0 heterocycles. The fraction of sp³-hybridized carbons (Fsp3) is 1.00. The van der Waals surface area contributed by atoms with E-state index >= 15 is 0 Å². The fourth-order valence-corrected chi connectivity index (χ4v) is 0.981. The van der Waals surface area contributed by atoms with E-state index in [1.54, 1.807) is 13.8 Å². The third kappa shape index (κ3) is 25.1. The molecule has 4 nitrogen and oxygen atoms in total. The van der Waals surface area contributed by atoms with Gasteiger partial charge in [0.1, 0.15) is 0 Å². The second-order valence-corrected chi connectivity index (χ2v) is 3.50. The zero-order valence-corrected chi connectivity index (χ0v) is 11.2. The van der Waals surface area contributed by atoms with Crippen molar-refractivity contribution in [2.24, 2.45) is 5.92 Å². The molecule has 0 aliphatic heterocycles. The average molecular weight is 256 g/mol. The van der Waals surface area contributed by atoms with Crippen LogP contribution in [0.4, 0.5) is 0 Å². The Hall–Kier alpha value is 0.554. The van der Waals surface area contributed by atoms with E-state index in [0.717, 1.165) is 0 Å². The number of hydrogen-bond acceptors (Lipinski definition) is 4. The zero-order valence-electron chi connectivity index (χ0n) is 9.69. The van der Waals surface area contributed by atoms with Crippen LogP contribution in [0.3, 0.4) is 0 Å². The quantitative estimate of drug-likeness (QED) is 0.509. The van der Waals surface area contributed by atoms with Crippen LogP contribution < -0.4 is 0 Å². The molecule has 5 heteroatoms. The fourth-order valence-electron chi connectivity index (χ4n) is 0.981. The van der Waals surface area contributed by atoms with Gasteiger partial charge < -0.3 is 20.4 Å². The van der Waals surface area contributed by atoms with Crippen molar-refractivity contribution in [1.29, 1.82) is 0 Å². The van der Waals surface area contributed by atoms with Crippen LogP contribution in [0, 0.1) is 5.92 Å². The number of aliphatic hydroxyl groups excluding tert-OH is 4. The van der Waals surface area contributed by atoms with Crippen LogP contribution in [-0.4, -0.2) is 46.4 Å². The van der Waals surface area contributed by atoms with Gasteiger partial charge in [0.25, 0.3) is 0 Å². The summed E-state index contributed by atoms with van der Waals surface area (Å²) in [6, 6.07) is 0. The van der Waals surface area contributed by atoms with Crippen molar-refractivity contribution in [3.05, 3.63) is 0 Å². The van der Waals surface area contributed by atoms with Gasteiger partial charge in [0.05, 0.1) is 0 Å². The smallest absolute Gasteiger partial charge is 0.0483 e. The maximum atomic E-state index is 8.53. The molecule has 0 bridgehead atoms. The molecule has 0 aliphatic rings. The van der Waals surface area contributed by atoms with Gasteiger partial charge in [-0.15, -0.1) is 0 Å². The molecule has 15 heavy (non-hydrogen) atoms. The SMILES string of the molecule is CC(C)O.OCCC(CCO)CCO.[Ti]. The summed E-state index contributed by atoms with van der Waals surface area (Å²) in [5.74, 6) is 0.278. The first-order chi connectivity index (χ1) is 6.58. The molecule has 0 aromatic carbocycles. The van der Waals surface area contributed by atoms with Crippen molar-refractivity contribution in [1.82, 2.24) is 0 Å². The van der Waals surface area contributed by atoms with Crippen LogP contribution in [0.15, 0.2) is 0 Å². The Balaban J connectivity index is -0.000000249. The average Bonchev–Trinajstić information content (AvgIpc) is 2.04. The summed E-state index contributed by atoms with van der Waals surface area (Å²) in [6.45, 7) is 3.88. The van der Waals surface area contributed by atoms with Crippen LogP contribution in [-0.2, 0) is 21.7 Å². The molecule has 0 unspecified atom stereocenters. The largest absolute Gasteiger partial charge is 0.396 e. The van der Waals surface area contributed by atoms with Gasteiger partial charge >= 0.3 is 0 Å². The normalized spacial score (nSPS) is 9.60. The van der Waals surface area contributed by atoms with E-state index in [9.17, 15) is 0 Å². The van der Waals surface area contributed by atoms with Crippen molar-refractivity contribution >= 4 is 0 Å². The Kier molecular flexibility index (Phi) is 23.6. The third-order valence-electron chi connectivity index (χ3n) is 1.61. The van der Waals surface area contributed by atoms with Crippen molar-refractivity contribution in [3.8, 4) is 0 Å². The molecule has 0 saturated carbocycles. The molecule has 0 aromatic heterocycles. The summed E-state index contributed by atoms with van der Waals surface area (Å²) < 4.78 is 0. The molecular weight excluding hydrogens is 232 g/mol. The molecule has 0 aromatic rings. The van der Waals surface area contributed by atoms with Crippen LogP contribution in [0.5, 0.6) is 0 Å². The maximum absolute atomic E-state index is 8.53. The molecule has 0 radical (unpaired) electrons. The van der Waals surface area contributed by atoms with Gasteiger partial charge in [0.2, 0.25) is 0 Å². The van der Waals surface area contributed by atoms with Gasteiger partial charge in [0, 0.05) is 47.6 Å². The topological polar surface area (TPSA) is 80.9 Å². The monoisotopic (exact) mass is 256 g/mol. The summed E-state index contributed by atoms with van der Waals surface area (Å²) in [5, 5.41) is 33.6. The summed E-state index contributed by atoms with van der Waals surface area (Å²) >= 11 is 0. The summed E-state index contributed by atoms with van der Waals surface area (Å²) in [6.07, 6.45) is 1.88. The Morgan fingerprint density at radius 1 is 0.800 bits per heavy atom. The van der Waals surface area contributed by atoms with Gasteiger partial charge in [0.15, 0.2) is 0 Å². The first kappa shape index (κ1) is 20.9. The first-order valence-corrected chi connectivity index (χ1v) is 5.09. The Bertz CT molecular complexity index is 84.4. The minimum atomic E-state index is -0.167. The van der Waals surface area contributed by atoms with Crippen LogP contribution in [0.25, 0.3) is 0 Å². The zero-order chi connectivity index (χ0) is 11.4. The van der Waals surface area contributed by atoms with E-state index < -0.39 is 0 Å². The van der Waals surface area contributed by atoms with Crippen LogP contribution in [0.2, 0.25) is 0 Å². The summed E-state index contributed by atoms with van der Waals surface area (Å²) in [4.78, 5) is 0. The molecule has 92 valence electrons. The van der Waals surface area contributed by atoms with Gasteiger partial charge in [-0.05, 0) is 39.0 Å². The van der Waals surface area contributed by atoms with E-state index in [0.29, 0.717) is 19.3 Å². The van der Waals surface area contributed by atoms with Gasteiger partial charge in [-0.2, -0.15) is 0 Å². The van der Waals surface area contributed by atoms with E-state index in [2.05, 4.69) is 0 Å². The Morgan fingerprint density at radius 3 is 1.13 bits per heavy atom. The maximum Gasteiger partial charge on any atom is 0.0483 e. The predicted octanol–water partition coefficient (Wildman–Crippen LogP) is 0.134. The van der Waals surface area contributed by atoms with E-state index in [-0.39, 0.29) is 53.6 Å². The molecule has 0 fully saturated rings. The van der Waals surface area contributed by atoms with Gasteiger partial charge in [-0.25, -0.2) is 0 Å². The van der Waals surface area contributed by atoms with Crippen molar-refractivity contribution in [3.63, 3.8) is 0 Å². The minimum Gasteiger partial charge on any atom is -0.396 e. The first-order valence-electron chi connectivity index (χ1n) is 5.09. The standard InChI is InChI=1S/C7H16O3.C3H8O.Ti/c8-4-1-7(2-5-9)3-6-10;1-3(2)4;/h7-10H,1-6H2;3-4H,1-2H3;. The van der Waals surface area contributed by atoms with Crippen LogP contribution >= 0.6 is 0 Å². The third-order valence-corrected chi connectivity index (χ3v) is 1.61. The van der Waals surface area contributed by atoms with Gasteiger partial charge in [-0.1, -0.05) is 0 Å². The molecule has 4 N–H and O–H groups in total. The number of rotatable bonds is 6. The molecule has 0 rings (SSSR count). The van der Waals surface area contributed by atoms with Crippen molar-refractivity contribution in [2.45, 2.75) is 39.2 Å². The van der Waals surface area contributed by atoms with Crippen molar-refractivity contribution in [2.75, 3.05) is 19.8 Å². The summed E-state index contributed by atoms with van der Waals surface area (Å²) in [5.41, 5.74) is 0. The second kappa shape index (κ2) is 17.0. The number of aliphatic hydroxyl groups is 4. The Labute approximate surface area is 107 Å². The van der Waals surface area contributed by atoms with Crippen LogP contribution in [0.1, 0.15) is 33.1 Å². The molecule has 0 spiro atoms. The van der Waals surface area contributed by atoms with Gasteiger partial charge in [-0.3, -0.25) is 0 Å². The molecule has 0 atom stereocenters. The van der Waals surface area contributed by atoms with E-state index in [1.165, 1.54) is 0 Å². The Morgan fingerprint density at radius 2 is 1.00 bits per heavy atom.